The predicted molar refractivity (Wildman–Crippen MR) is 62.8 cm³/mol. The van der Waals surface area contributed by atoms with Crippen molar-refractivity contribution in [2.75, 3.05) is 0 Å². The molecule has 3 rings (SSSR count). The molecular weight excluding hydrogens is 227 g/mol. The van der Waals surface area contributed by atoms with Crippen molar-refractivity contribution in [3.05, 3.63) is 28.5 Å². The summed E-state index contributed by atoms with van der Waals surface area (Å²) in [6, 6.07) is 3.13. The number of amidine groups is 1. The van der Waals surface area contributed by atoms with Gasteiger partial charge in [0.15, 0.2) is 5.82 Å². The zero-order valence-electron chi connectivity index (χ0n) is 8.71. The van der Waals surface area contributed by atoms with Gasteiger partial charge in [-0.1, -0.05) is 18.0 Å². The molecule has 0 amide bonds. The average molecular weight is 239 g/mol. The Labute approximate surface area is 98.3 Å². The molecule has 1 aromatic rings. The maximum absolute atomic E-state index is 13.7. The summed E-state index contributed by atoms with van der Waals surface area (Å²) < 4.78 is 13.7. The summed E-state index contributed by atoms with van der Waals surface area (Å²) >= 11 is 5.89. The van der Waals surface area contributed by atoms with Crippen LogP contribution in [0.4, 0.5) is 10.1 Å². The highest BCUT2D eigenvalue weighted by Crippen LogP contribution is 2.48. The van der Waals surface area contributed by atoms with E-state index in [9.17, 15) is 4.39 Å². The van der Waals surface area contributed by atoms with Crippen LogP contribution in [0.5, 0.6) is 0 Å². The topological polar surface area (TPSA) is 38.4 Å². The van der Waals surface area contributed by atoms with Gasteiger partial charge in [0, 0.05) is 10.9 Å². The number of benzene rings is 1. The van der Waals surface area contributed by atoms with Gasteiger partial charge >= 0.3 is 0 Å². The number of hydrogen-bond acceptors (Lipinski definition) is 2. The molecular formula is C12H12ClFN2. The quantitative estimate of drug-likeness (QED) is 0.740. The smallest absolute Gasteiger partial charge is 0.150 e. The molecule has 2 aliphatic rings. The highest BCUT2D eigenvalue weighted by molar-refractivity contribution is 6.30. The van der Waals surface area contributed by atoms with Crippen LogP contribution >= 0.6 is 11.6 Å². The van der Waals surface area contributed by atoms with Gasteiger partial charge in [-0.25, -0.2) is 9.38 Å². The number of rotatable bonds is 0. The Hall–Kier alpha value is -1.09. The highest BCUT2D eigenvalue weighted by Gasteiger charge is 2.36. The van der Waals surface area contributed by atoms with Crippen molar-refractivity contribution < 1.29 is 4.39 Å². The van der Waals surface area contributed by atoms with E-state index in [-0.39, 0.29) is 11.7 Å². The van der Waals surface area contributed by atoms with Gasteiger partial charge in [0.1, 0.15) is 11.5 Å². The Morgan fingerprint density at radius 1 is 1.31 bits per heavy atom. The minimum Gasteiger partial charge on any atom is -0.387 e. The van der Waals surface area contributed by atoms with E-state index in [1.54, 1.807) is 0 Å². The first-order chi connectivity index (χ1) is 7.66. The molecule has 4 heteroatoms. The van der Waals surface area contributed by atoms with Crippen LogP contribution in [0.15, 0.2) is 17.1 Å². The first-order valence-electron chi connectivity index (χ1n) is 5.50. The Morgan fingerprint density at radius 2 is 2.06 bits per heavy atom. The van der Waals surface area contributed by atoms with Crippen LogP contribution in [0.1, 0.15) is 30.7 Å². The molecule has 1 aliphatic heterocycles. The lowest BCUT2D eigenvalue weighted by Gasteiger charge is -2.26. The van der Waals surface area contributed by atoms with Crippen LogP contribution in [0.3, 0.4) is 0 Å². The third-order valence-electron chi connectivity index (χ3n) is 3.59. The molecule has 0 saturated heterocycles. The summed E-state index contributed by atoms with van der Waals surface area (Å²) in [5, 5.41) is 0.442. The number of fused-ring (bicyclic) bond motifs is 3. The maximum Gasteiger partial charge on any atom is 0.150 e. The second-order valence-corrected chi connectivity index (χ2v) is 4.94. The van der Waals surface area contributed by atoms with Crippen molar-refractivity contribution in [1.82, 2.24) is 0 Å². The molecule has 16 heavy (non-hydrogen) atoms. The predicted octanol–water partition coefficient (Wildman–Crippen LogP) is 3.37. The minimum atomic E-state index is -0.365. The lowest BCUT2D eigenvalue weighted by Crippen LogP contribution is -2.28. The van der Waals surface area contributed by atoms with Crippen LogP contribution < -0.4 is 5.73 Å². The van der Waals surface area contributed by atoms with Crippen molar-refractivity contribution >= 4 is 23.1 Å². The van der Waals surface area contributed by atoms with Gasteiger partial charge in [-0.05, 0) is 36.5 Å². The van der Waals surface area contributed by atoms with Gasteiger partial charge in [-0.2, -0.15) is 0 Å². The van der Waals surface area contributed by atoms with Gasteiger partial charge < -0.3 is 5.73 Å². The fraction of sp³-hybridized carbons (Fsp3) is 0.417. The van der Waals surface area contributed by atoms with Crippen molar-refractivity contribution in [2.45, 2.75) is 25.2 Å². The van der Waals surface area contributed by atoms with Crippen molar-refractivity contribution in [3.8, 4) is 0 Å². The number of halogens is 2. The summed E-state index contributed by atoms with van der Waals surface area (Å²) in [6.45, 7) is 0. The standard InChI is InChI=1S/C12H12ClFN2/c13-6-4-9-7-2-1-3-8(7)12(15)16-11(9)10(14)5-6/h4-5,7-8H,1-3H2,(H2,15,16)/t7-,8+/m0/s1. The maximum atomic E-state index is 13.7. The fourth-order valence-electron chi connectivity index (χ4n) is 2.88. The van der Waals surface area contributed by atoms with Gasteiger partial charge in [0.2, 0.25) is 0 Å². The van der Waals surface area contributed by atoms with Gasteiger partial charge in [0.25, 0.3) is 0 Å². The lowest BCUT2D eigenvalue weighted by molar-refractivity contribution is 0.585. The molecule has 2 atom stereocenters. The van der Waals surface area contributed by atoms with Crippen molar-refractivity contribution in [3.63, 3.8) is 0 Å². The van der Waals surface area contributed by atoms with Crippen LogP contribution in [0, 0.1) is 11.7 Å². The van der Waals surface area contributed by atoms with E-state index < -0.39 is 0 Å². The molecule has 2 nitrogen and oxygen atoms in total. The normalized spacial score (nSPS) is 27.2. The van der Waals surface area contributed by atoms with E-state index in [1.807, 2.05) is 6.07 Å². The van der Waals surface area contributed by atoms with Crippen LogP contribution in [0.25, 0.3) is 0 Å². The summed E-state index contributed by atoms with van der Waals surface area (Å²) in [5.41, 5.74) is 7.22. The van der Waals surface area contributed by atoms with Crippen LogP contribution in [-0.2, 0) is 0 Å². The summed E-state index contributed by atoms with van der Waals surface area (Å²) in [6.07, 6.45) is 3.22. The minimum absolute atomic E-state index is 0.283. The first-order valence-corrected chi connectivity index (χ1v) is 5.87. The summed E-state index contributed by atoms with van der Waals surface area (Å²) in [4.78, 5) is 4.19. The van der Waals surface area contributed by atoms with Crippen molar-refractivity contribution in [1.29, 1.82) is 0 Å². The third kappa shape index (κ3) is 1.34. The Balaban J connectivity index is 2.22. The number of nitrogens with zero attached hydrogens (tertiary/aromatic N) is 1. The van der Waals surface area contributed by atoms with Crippen LogP contribution in [-0.4, -0.2) is 5.84 Å². The first kappa shape index (κ1) is 10.1. The van der Waals surface area contributed by atoms with E-state index in [0.717, 1.165) is 24.8 Å². The molecule has 84 valence electrons. The van der Waals surface area contributed by atoms with Crippen LogP contribution in [0.2, 0.25) is 5.02 Å². The van der Waals surface area contributed by atoms with Gasteiger partial charge in [-0.15, -0.1) is 0 Å². The average Bonchev–Trinajstić information content (AvgIpc) is 2.69. The molecule has 1 heterocycles. The fourth-order valence-corrected chi connectivity index (χ4v) is 3.10. The Bertz CT molecular complexity index is 484. The molecule has 0 unspecified atom stereocenters. The van der Waals surface area contributed by atoms with Gasteiger partial charge in [-0.3, -0.25) is 0 Å². The van der Waals surface area contributed by atoms with E-state index >= 15 is 0 Å². The zero-order chi connectivity index (χ0) is 11.3. The molecule has 1 aliphatic carbocycles. The molecule has 1 aromatic carbocycles. The number of nitrogens with two attached hydrogens (primary N) is 1. The molecule has 1 fully saturated rings. The second-order valence-electron chi connectivity index (χ2n) is 4.51. The molecule has 0 spiro atoms. The molecule has 0 radical (unpaired) electrons. The van der Waals surface area contributed by atoms with Gasteiger partial charge in [0.05, 0.1) is 0 Å². The van der Waals surface area contributed by atoms with E-state index in [4.69, 9.17) is 17.3 Å². The zero-order valence-corrected chi connectivity index (χ0v) is 9.47. The summed E-state index contributed by atoms with van der Waals surface area (Å²) in [5.74, 6) is 0.804. The molecule has 0 aromatic heterocycles. The van der Waals surface area contributed by atoms with E-state index in [1.165, 1.54) is 6.07 Å². The number of hydrogen-bond donors (Lipinski definition) is 1. The third-order valence-corrected chi connectivity index (χ3v) is 3.81. The molecule has 2 N–H and O–H groups in total. The number of aliphatic imine (C=N–C) groups is 1. The Kier molecular flexibility index (Phi) is 2.18. The SMILES string of the molecule is NC1=Nc2c(F)cc(Cl)cc2[C@H]2CCC[C@@H]12. The molecule has 1 saturated carbocycles. The monoisotopic (exact) mass is 238 g/mol. The molecule has 0 bridgehead atoms. The largest absolute Gasteiger partial charge is 0.387 e. The summed E-state index contributed by atoms with van der Waals surface area (Å²) in [7, 11) is 0. The lowest BCUT2D eigenvalue weighted by atomic mass is 9.85. The van der Waals surface area contributed by atoms with E-state index in [2.05, 4.69) is 4.99 Å². The van der Waals surface area contributed by atoms with Crippen molar-refractivity contribution in [2.24, 2.45) is 16.6 Å². The highest BCUT2D eigenvalue weighted by atomic mass is 35.5. The Morgan fingerprint density at radius 3 is 2.88 bits per heavy atom. The second kappa shape index (κ2) is 3.45. The van der Waals surface area contributed by atoms with E-state index in [0.29, 0.717) is 22.5 Å².